The number of esters is 1. The van der Waals surface area contributed by atoms with Crippen molar-refractivity contribution in [2.75, 3.05) is 11.9 Å². The van der Waals surface area contributed by atoms with Crippen molar-refractivity contribution in [1.82, 2.24) is 0 Å². The summed E-state index contributed by atoms with van der Waals surface area (Å²) in [5, 5.41) is 3.87. The summed E-state index contributed by atoms with van der Waals surface area (Å²) in [5.74, 6) is -3.35. The van der Waals surface area contributed by atoms with Crippen LogP contribution < -0.4 is 5.32 Å². The molecule has 25 heavy (non-hydrogen) atoms. The molecule has 0 aliphatic heterocycles. The van der Waals surface area contributed by atoms with Crippen molar-refractivity contribution in [3.63, 3.8) is 0 Å². The summed E-state index contributed by atoms with van der Waals surface area (Å²) in [5.41, 5.74) is -0.294. The standard InChI is InChI=1S/C19H13F2NO3/c20-15-6-3-7-16(21)18(15)22-17(23)11-25-19(24)14-9-8-12-4-1-2-5-13(12)10-14/h1-10H,11H2,(H,22,23). The van der Waals surface area contributed by atoms with Gasteiger partial charge in [0.1, 0.15) is 17.3 Å². The van der Waals surface area contributed by atoms with Crippen molar-refractivity contribution >= 4 is 28.3 Å². The monoisotopic (exact) mass is 341 g/mol. The lowest BCUT2D eigenvalue weighted by atomic mass is 10.1. The van der Waals surface area contributed by atoms with Crippen LogP contribution in [0.3, 0.4) is 0 Å². The first kappa shape index (κ1) is 16.6. The number of ether oxygens (including phenoxy) is 1. The number of anilines is 1. The summed E-state index contributed by atoms with van der Waals surface area (Å²) in [7, 11) is 0. The molecule has 3 aromatic carbocycles. The quantitative estimate of drug-likeness (QED) is 0.732. The van der Waals surface area contributed by atoms with Gasteiger partial charge in [0.15, 0.2) is 6.61 Å². The van der Waals surface area contributed by atoms with Gasteiger partial charge in [0, 0.05) is 0 Å². The minimum Gasteiger partial charge on any atom is -0.452 e. The average molecular weight is 341 g/mol. The zero-order chi connectivity index (χ0) is 17.8. The first-order valence-electron chi connectivity index (χ1n) is 7.44. The van der Waals surface area contributed by atoms with E-state index in [1.807, 2.05) is 29.6 Å². The first-order valence-corrected chi connectivity index (χ1v) is 7.44. The number of carbonyl (C=O) groups excluding carboxylic acids is 2. The molecule has 126 valence electrons. The third-order valence-electron chi connectivity index (χ3n) is 3.55. The van der Waals surface area contributed by atoms with E-state index in [9.17, 15) is 18.4 Å². The lowest BCUT2D eigenvalue weighted by molar-refractivity contribution is -0.119. The Kier molecular flexibility index (Phi) is 4.70. The molecule has 0 saturated carbocycles. The molecule has 6 heteroatoms. The van der Waals surface area contributed by atoms with Gasteiger partial charge in [-0.25, -0.2) is 13.6 Å². The number of amides is 1. The van der Waals surface area contributed by atoms with Crippen LogP contribution in [0.2, 0.25) is 0 Å². The largest absolute Gasteiger partial charge is 0.452 e. The van der Waals surface area contributed by atoms with Gasteiger partial charge >= 0.3 is 5.97 Å². The minimum atomic E-state index is -0.908. The Morgan fingerprint density at radius 1 is 0.880 bits per heavy atom. The summed E-state index contributed by atoms with van der Waals surface area (Å²) in [6.07, 6.45) is 0. The molecule has 0 aromatic heterocycles. The zero-order valence-electron chi connectivity index (χ0n) is 13.0. The van der Waals surface area contributed by atoms with Crippen LogP contribution in [0.15, 0.2) is 60.7 Å². The van der Waals surface area contributed by atoms with Crippen LogP contribution in [-0.2, 0) is 9.53 Å². The van der Waals surface area contributed by atoms with Crippen LogP contribution in [0.4, 0.5) is 14.5 Å². The summed E-state index contributed by atoms with van der Waals surface area (Å²) >= 11 is 0. The number of hydrogen-bond donors (Lipinski definition) is 1. The van der Waals surface area contributed by atoms with Gasteiger partial charge in [0.05, 0.1) is 5.56 Å². The highest BCUT2D eigenvalue weighted by molar-refractivity contribution is 5.98. The van der Waals surface area contributed by atoms with E-state index < -0.39 is 35.8 Å². The van der Waals surface area contributed by atoms with E-state index >= 15 is 0 Å². The third kappa shape index (κ3) is 3.80. The van der Waals surface area contributed by atoms with Crippen LogP contribution >= 0.6 is 0 Å². The Morgan fingerprint density at radius 3 is 2.28 bits per heavy atom. The molecule has 0 unspecified atom stereocenters. The zero-order valence-corrected chi connectivity index (χ0v) is 13.0. The third-order valence-corrected chi connectivity index (χ3v) is 3.55. The van der Waals surface area contributed by atoms with Gasteiger partial charge in [-0.05, 0) is 35.0 Å². The number of nitrogens with one attached hydrogen (secondary N) is 1. The first-order chi connectivity index (χ1) is 12.0. The maximum atomic E-state index is 13.5. The van der Waals surface area contributed by atoms with Gasteiger partial charge in [-0.1, -0.05) is 36.4 Å². The van der Waals surface area contributed by atoms with E-state index in [1.165, 1.54) is 6.07 Å². The predicted octanol–water partition coefficient (Wildman–Crippen LogP) is 3.91. The predicted molar refractivity (Wildman–Crippen MR) is 89.2 cm³/mol. The van der Waals surface area contributed by atoms with Crippen LogP contribution in [0.25, 0.3) is 10.8 Å². The summed E-state index contributed by atoms with van der Waals surface area (Å²) in [6, 6.07) is 15.7. The molecule has 3 aromatic rings. The molecule has 0 fully saturated rings. The Hall–Kier alpha value is -3.28. The van der Waals surface area contributed by atoms with Crippen LogP contribution in [0, 0.1) is 11.6 Å². The number of benzene rings is 3. The van der Waals surface area contributed by atoms with Gasteiger partial charge < -0.3 is 10.1 Å². The molecule has 1 amide bonds. The number of carbonyl (C=O) groups is 2. The Bertz CT molecular complexity index is 936. The number of para-hydroxylation sites is 1. The van der Waals surface area contributed by atoms with Crippen molar-refractivity contribution in [1.29, 1.82) is 0 Å². The van der Waals surface area contributed by atoms with Gasteiger partial charge in [-0.15, -0.1) is 0 Å². The van der Waals surface area contributed by atoms with Crippen molar-refractivity contribution < 1.29 is 23.1 Å². The highest BCUT2D eigenvalue weighted by Crippen LogP contribution is 2.18. The van der Waals surface area contributed by atoms with Crippen molar-refractivity contribution in [3.8, 4) is 0 Å². The highest BCUT2D eigenvalue weighted by Gasteiger charge is 2.14. The maximum absolute atomic E-state index is 13.5. The normalized spacial score (nSPS) is 10.5. The van der Waals surface area contributed by atoms with E-state index in [0.717, 1.165) is 22.9 Å². The molecule has 3 rings (SSSR count). The lowest BCUT2D eigenvalue weighted by Crippen LogP contribution is -2.22. The van der Waals surface area contributed by atoms with E-state index in [0.29, 0.717) is 0 Å². The number of halogens is 2. The summed E-state index contributed by atoms with van der Waals surface area (Å²) in [4.78, 5) is 23.8. The SMILES string of the molecule is O=C(COC(=O)c1ccc2ccccc2c1)Nc1c(F)cccc1F. The fourth-order valence-electron chi connectivity index (χ4n) is 2.32. The maximum Gasteiger partial charge on any atom is 0.338 e. The van der Waals surface area contributed by atoms with E-state index in [1.54, 1.807) is 18.2 Å². The van der Waals surface area contributed by atoms with E-state index in [2.05, 4.69) is 0 Å². The van der Waals surface area contributed by atoms with E-state index in [4.69, 9.17) is 4.74 Å². The Labute approximate surface area is 142 Å². The van der Waals surface area contributed by atoms with E-state index in [-0.39, 0.29) is 5.56 Å². The molecular weight excluding hydrogens is 328 g/mol. The molecule has 1 N–H and O–H groups in total. The van der Waals surface area contributed by atoms with Crippen molar-refractivity contribution in [2.45, 2.75) is 0 Å². The lowest BCUT2D eigenvalue weighted by Gasteiger charge is -2.08. The van der Waals surface area contributed by atoms with Gasteiger partial charge in [-0.2, -0.15) is 0 Å². The molecule has 0 atom stereocenters. The second-order valence-electron chi connectivity index (χ2n) is 5.28. The van der Waals surface area contributed by atoms with Gasteiger partial charge in [-0.3, -0.25) is 4.79 Å². The Balaban J connectivity index is 1.64. The second-order valence-corrected chi connectivity index (χ2v) is 5.28. The van der Waals surface area contributed by atoms with Gasteiger partial charge in [0.2, 0.25) is 0 Å². The molecular formula is C19H13F2NO3. The second kappa shape index (κ2) is 7.09. The highest BCUT2D eigenvalue weighted by atomic mass is 19.1. The van der Waals surface area contributed by atoms with Crippen molar-refractivity contribution in [3.05, 3.63) is 77.9 Å². The van der Waals surface area contributed by atoms with Crippen molar-refractivity contribution in [2.24, 2.45) is 0 Å². The minimum absolute atomic E-state index is 0.281. The summed E-state index contributed by atoms with van der Waals surface area (Å²) in [6.45, 7) is -0.653. The van der Waals surface area contributed by atoms with Gasteiger partial charge in [0.25, 0.3) is 5.91 Å². The molecule has 0 aliphatic carbocycles. The average Bonchev–Trinajstić information content (AvgIpc) is 2.62. The van der Waals surface area contributed by atoms with Crippen LogP contribution in [0.5, 0.6) is 0 Å². The molecule has 0 spiro atoms. The Morgan fingerprint density at radius 2 is 1.56 bits per heavy atom. The molecule has 0 aliphatic rings. The smallest absolute Gasteiger partial charge is 0.338 e. The number of rotatable bonds is 4. The molecule has 0 bridgehead atoms. The molecule has 0 saturated heterocycles. The fraction of sp³-hybridized carbons (Fsp3) is 0.0526. The van der Waals surface area contributed by atoms with Crippen LogP contribution in [-0.4, -0.2) is 18.5 Å². The molecule has 0 radical (unpaired) electrons. The van der Waals surface area contributed by atoms with Crippen LogP contribution in [0.1, 0.15) is 10.4 Å². The topological polar surface area (TPSA) is 55.4 Å². The number of hydrogen-bond acceptors (Lipinski definition) is 3. The molecule has 0 heterocycles. The number of fused-ring (bicyclic) bond motifs is 1. The summed E-state index contributed by atoms with van der Waals surface area (Å²) < 4.78 is 31.8. The molecule has 4 nitrogen and oxygen atoms in total. The fourth-order valence-corrected chi connectivity index (χ4v) is 2.32.